The highest BCUT2D eigenvalue weighted by Crippen LogP contribution is 2.26. The fourth-order valence-electron chi connectivity index (χ4n) is 2.09. The number of hydrogen-bond acceptors (Lipinski definition) is 6. The van der Waals surface area contributed by atoms with Gasteiger partial charge in [0.25, 0.3) is 0 Å². The van der Waals surface area contributed by atoms with Crippen molar-refractivity contribution < 1.29 is 13.9 Å². The van der Waals surface area contributed by atoms with Crippen LogP contribution >= 0.6 is 23.4 Å². The van der Waals surface area contributed by atoms with E-state index in [0.29, 0.717) is 22.5 Å². The molecule has 0 atom stereocenters. The van der Waals surface area contributed by atoms with Gasteiger partial charge in [-0.3, -0.25) is 9.36 Å². The molecule has 0 fully saturated rings. The van der Waals surface area contributed by atoms with Gasteiger partial charge in [0.1, 0.15) is 5.76 Å². The summed E-state index contributed by atoms with van der Waals surface area (Å²) in [7, 11) is 1.36. The van der Waals surface area contributed by atoms with Crippen LogP contribution in [0.5, 0.6) is 0 Å². The Labute approximate surface area is 147 Å². The van der Waals surface area contributed by atoms with E-state index < -0.39 is 0 Å². The molecule has 0 aliphatic carbocycles. The van der Waals surface area contributed by atoms with Crippen LogP contribution in [0.4, 0.5) is 0 Å². The summed E-state index contributed by atoms with van der Waals surface area (Å²) in [4.78, 5) is 11.4. The van der Waals surface area contributed by atoms with Crippen molar-refractivity contribution in [1.29, 1.82) is 0 Å². The number of thioether (sulfide) groups is 1. The predicted molar refractivity (Wildman–Crippen MR) is 91.0 cm³/mol. The van der Waals surface area contributed by atoms with Gasteiger partial charge in [-0.05, 0) is 36.4 Å². The fourth-order valence-corrected chi connectivity index (χ4v) is 2.99. The van der Waals surface area contributed by atoms with Crippen LogP contribution in [0.15, 0.2) is 52.2 Å². The van der Waals surface area contributed by atoms with Crippen LogP contribution in [0.25, 0.3) is 11.4 Å². The van der Waals surface area contributed by atoms with Gasteiger partial charge < -0.3 is 9.15 Å². The third-order valence-corrected chi connectivity index (χ3v) is 4.45. The van der Waals surface area contributed by atoms with E-state index in [1.807, 2.05) is 28.8 Å². The number of carbonyl (C=O) groups excluding carboxylic acids is 1. The molecule has 124 valence electrons. The van der Waals surface area contributed by atoms with Gasteiger partial charge in [0, 0.05) is 10.6 Å². The highest BCUT2D eigenvalue weighted by Gasteiger charge is 2.17. The molecule has 0 saturated heterocycles. The quantitative estimate of drug-likeness (QED) is 0.493. The van der Waals surface area contributed by atoms with E-state index in [9.17, 15) is 4.79 Å². The first kappa shape index (κ1) is 16.6. The predicted octanol–water partition coefficient (Wildman–Crippen LogP) is 3.50. The number of ether oxygens (including phenoxy) is 1. The number of furan rings is 1. The first-order valence-electron chi connectivity index (χ1n) is 7.08. The van der Waals surface area contributed by atoms with Crippen LogP contribution in [0.3, 0.4) is 0 Å². The molecule has 0 aliphatic rings. The minimum absolute atomic E-state index is 0.160. The van der Waals surface area contributed by atoms with E-state index in [2.05, 4.69) is 14.9 Å². The molecule has 1 aromatic carbocycles. The van der Waals surface area contributed by atoms with E-state index in [0.717, 1.165) is 11.3 Å². The lowest BCUT2D eigenvalue weighted by Gasteiger charge is -2.08. The Bertz CT molecular complexity index is 816. The van der Waals surface area contributed by atoms with Gasteiger partial charge in [0.05, 0.1) is 25.7 Å². The van der Waals surface area contributed by atoms with Crippen molar-refractivity contribution in [3.63, 3.8) is 0 Å². The number of aromatic nitrogens is 3. The summed E-state index contributed by atoms with van der Waals surface area (Å²) in [6.45, 7) is 0.460. The second-order valence-corrected chi connectivity index (χ2v) is 6.22. The number of benzene rings is 1. The summed E-state index contributed by atoms with van der Waals surface area (Å²) in [5.74, 6) is 1.29. The van der Waals surface area contributed by atoms with Gasteiger partial charge in [0.15, 0.2) is 11.0 Å². The van der Waals surface area contributed by atoms with E-state index in [-0.39, 0.29) is 11.7 Å². The number of nitrogens with zero attached hydrogens (tertiary/aromatic N) is 3. The second-order valence-electron chi connectivity index (χ2n) is 4.84. The summed E-state index contributed by atoms with van der Waals surface area (Å²) < 4.78 is 12.0. The molecule has 0 N–H and O–H groups in total. The van der Waals surface area contributed by atoms with Crippen molar-refractivity contribution in [2.24, 2.45) is 0 Å². The largest absolute Gasteiger partial charge is 0.468 e. The van der Waals surface area contributed by atoms with Crippen molar-refractivity contribution in [1.82, 2.24) is 14.8 Å². The Morgan fingerprint density at radius 2 is 2.08 bits per heavy atom. The van der Waals surface area contributed by atoms with Gasteiger partial charge >= 0.3 is 5.97 Å². The first-order chi connectivity index (χ1) is 11.7. The minimum Gasteiger partial charge on any atom is -0.468 e. The minimum atomic E-state index is -0.319. The highest BCUT2D eigenvalue weighted by atomic mass is 35.5. The molecule has 2 aromatic heterocycles. The monoisotopic (exact) mass is 363 g/mol. The molecule has 0 aliphatic heterocycles. The van der Waals surface area contributed by atoms with E-state index in [4.69, 9.17) is 16.0 Å². The average Bonchev–Trinajstić information content (AvgIpc) is 3.24. The average molecular weight is 364 g/mol. The maximum atomic E-state index is 11.4. The molecule has 6 nitrogen and oxygen atoms in total. The smallest absolute Gasteiger partial charge is 0.316 e. The van der Waals surface area contributed by atoms with E-state index in [1.165, 1.54) is 18.9 Å². The molecule has 0 radical (unpaired) electrons. The Morgan fingerprint density at radius 1 is 1.29 bits per heavy atom. The number of rotatable bonds is 6. The molecule has 0 saturated carbocycles. The third-order valence-electron chi connectivity index (χ3n) is 3.26. The molecule has 8 heteroatoms. The lowest BCUT2D eigenvalue weighted by atomic mass is 10.2. The molecule has 2 heterocycles. The topological polar surface area (TPSA) is 70.2 Å². The van der Waals surface area contributed by atoms with E-state index in [1.54, 1.807) is 18.4 Å². The zero-order valence-electron chi connectivity index (χ0n) is 12.8. The molecular formula is C16H14ClN3O3S. The second kappa shape index (κ2) is 7.55. The van der Waals surface area contributed by atoms with Crippen molar-refractivity contribution in [2.45, 2.75) is 11.7 Å². The number of hydrogen-bond donors (Lipinski definition) is 0. The van der Waals surface area contributed by atoms with Crippen molar-refractivity contribution >= 4 is 29.3 Å². The van der Waals surface area contributed by atoms with Crippen molar-refractivity contribution in [2.75, 3.05) is 12.9 Å². The van der Waals surface area contributed by atoms with Gasteiger partial charge in [-0.25, -0.2) is 0 Å². The molecule has 3 aromatic rings. The van der Waals surface area contributed by atoms with Gasteiger partial charge in [0.2, 0.25) is 0 Å². The maximum Gasteiger partial charge on any atom is 0.316 e. The Balaban J connectivity index is 1.93. The first-order valence-corrected chi connectivity index (χ1v) is 8.45. The number of halogens is 1. The zero-order valence-corrected chi connectivity index (χ0v) is 14.4. The summed E-state index contributed by atoms with van der Waals surface area (Å²) in [6.07, 6.45) is 1.61. The highest BCUT2D eigenvalue weighted by molar-refractivity contribution is 7.99. The number of methoxy groups -OCH3 is 1. The molecule has 24 heavy (non-hydrogen) atoms. The Kier molecular flexibility index (Phi) is 5.22. The lowest BCUT2D eigenvalue weighted by Crippen LogP contribution is -2.07. The normalized spacial score (nSPS) is 10.8. The Morgan fingerprint density at radius 3 is 2.75 bits per heavy atom. The van der Waals surface area contributed by atoms with Crippen LogP contribution < -0.4 is 0 Å². The van der Waals surface area contributed by atoms with Gasteiger partial charge in [-0.2, -0.15) is 0 Å². The van der Waals surface area contributed by atoms with Crippen molar-refractivity contribution in [3.05, 3.63) is 53.4 Å². The van der Waals surface area contributed by atoms with Crippen LogP contribution in [0.1, 0.15) is 5.76 Å². The molecule has 0 spiro atoms. The summed E-state index contributed by atoms with van der Waals surface area (Å²) >= 11 is 7.21. The summed E-state index contributed by atoms with van der Waals surface area (Å²) in [5.41, 5.74) is 0.878. The Hall–Kier alpha value is -2.25. The van der Waals surface area contributed by atoms with Gasteiger partial charge in [-0.1, -0.05) is 23.4 Å². The SMILES string of the molecule is COC(=O)CSc1nnc(-c2ccc(Cl)cc2)n1Cc1ccco1. The lowest BCUT2D eigenvalue weighted by molar-refractivity contribution is -0.137. The third kappa shape index (κ3) is 3.80. The number of carbonyl (C=O) groups is 1. The molecule has 0 amide bonds. The molecule has 0 bridgehead atoms. The van der Waals surface area contributed by atoms with Crippen molar-refractivity contribution in [3.8, 4) is 11.4 Å². The van der Waals surface area contributed by atoms with Crippen LogP contribution in [-0.2, 0) is 16.1 Å². The van der Waals surface area contributed by atoms with Crippen LogP contribution in [0.2, 0.25) is 5.02 Å². The van der Waals surface area contributed by atoms with Gasteiger partial charge in [-0.15, -0.1) is 10.2 Å². The summed E-state index contributed by atoms with van der Waals surface area (Å²) in [5, 5.41) is 9.71. The molecule has 0 unspecified atom stereocenters. The molecular weight excluding hydrogens is 350 g/mol. The van der Waals surface area contributed by atoms with Crippen LogP contribution in [-0.4, -0.2) is 33.6 Å². The molecule has 3 rings (SSSR count). The van der Waals surface area contributed by atoms with Crippen LogP contribution in [0, 0.1) is 0 Å². The maximum absolute atomic E-state index is 11.4. The fraction of sp³-hybridized carbons (Fsp3) is 0.188. The standard InChI is InChI=1S/C16H14ClN3O3S/c1-22-14(21)10-24-16-19-18-15(11-4-6-12(17)7-5-11)20(16)9-13-3-2-8-23-13/h2-8H,9-10H2,1H3. The number of esters is 1. The zero-order chi connectivity index (χ0) is 16.9. The van der Waals surface area contributed by atoms with E-state index >= 15 is 0 Å². The summed E-state index contributed by atoms with van der Waals surface area (Å²) in [6, 6.07) is 11.0.